The van der Waals surface area contributed by atoms with Crippen molar-refractivity contribution >= 4 is 18.0 Å². The molecule has 0 heterocycles. The van der Waals surface area contributed by atoms with E-state index in [4.69, 9.17) is 0 Å². The van der Waals surface area contributed by atoms with E-state index in [9.17, 15) is 0 Å². The number of hydrogen-bond donors (Lipinski definition) is 0. The Hall–Kier alpha value is -1.57. The summed E-state index contributed by atoms with van der Waals surface area (Å²) in [6.07, 6.45) is 4.64. The number of halogens is 1. The van der Waals surface area contributed by atoms with E-state index in [1.807, 2.05) is 0 Å². The van der Waals surface area contributed by atoms with E-state index in [0.29, 0.717) is 0 Å². The summed E-state index contributed by atoms with van der Waals surface area (Å²) < 4.78 is 0. The molecule has 0 saturated carbocycles. The quantitative estimate of drug-likeness (QED) is 0.721. The Morgan fingerprint density at radius 2 is 1.61 bits per heavy atom. The third kappa shape index (κ3) is 4.46. The molecule has 0 aromatic heterocycles. The second-order valence-corrected chi connectivity index (χ2v) is 6.49. The summed E-state index contributed by atoms with van der Waals surface area (Å²) in [4.78, 5) is 2.28. The van der Waals surface area contributed by atoms with Crippen LogP contribution in [-0.2, 0) is 12.8 Å². The number of nitrogens with zero attached hydrogens (tertiary/aromatic N) is 1. The van der Waals surface area contributed by atoms with E-state index >= 15 is 0 Å². The van der Waals surface area contributed by atoms with Crippen LogP contribution >= 0.6 is 12.4 Å². The molecule has 0 bridgehead atoms. The lowest BCUT2D eigenvalue weighted by molar-refractivity contribution is 0.403. The molecule has 0 spiro atoms. The zero-order valence-corrected chi connectivity index (χ0v) is 14.9. The van der Waals surface area contributed by atoms with Crippen molar-refractivity contribution in [2.45, 2.75) is 25.7 Å². The summed E-state index contributed by atoms with van der Waals surface area (Å²) in [7, 11) is 4.31. The Kier molecular flexibility index (Phi) is 6.44. The molecular formula is C21H26ClN. The van der Waals surface area contributed by atoms with Crippen LogP contribution in [-0.4, -0.2) is 25.5 Å². The Bertz CT molecular complexity index is 659. The van der Waals surface area contributed by atoms with Gasteiger partial charge >= 0.3 is 0 Å². The van der Waals surface area contributed by atoms with Gasteiger partial charge in [0.15, 0.2) is 0 Å². The smallest absolute Gasteiger partial charge is 0.00217 e. The molecule has 0 saturated heterocycles. The van der Waals surface area contributed by atoms with Crippen molar-refractivity contribution in [3.63, 3.8) is 0 Å². The standard InChI is InChI=1S/C21H25N.ClH/c1-22(2)14-8-13-21-19(15-17-9-4-3-5-10-17)16-18-11-6-7-12-20(18)21;/h3-7,9-12H,8,13-16H2,1-2H3;1H. The summed E-state index contributed by atoms with van der Waals surface area (Å²) in [5.74, 6) is 0. The van der Waals surface area contributed by atoms with Crippen molar-refractivity contribution < 1.29 is 0 Å². The lowest BCUT2D eigenvalue weighted by Crippen LogP contribution is -2.12. The molecule has 1 nitrogen and oxygen atoms in total. The predicted octanol–water partition coefficient (Wildman–Crippen LogP) is 5.00. The van der Waals surface area contributed by atoms with Crippen molar-refractivity contribution in [1.82, 2.24) is 4.90 Å². The highest BCUT2D eigenvalue weighted by atomic mass is 35.5. The minimum absolute atomic E-state index is 0. The van der Waals surface area contributed by atoms with Gasteiger partial charge in [-0.3, -0.25) is 0 Å². The topological polar surface area (TPSA) is 3.24 Å². The summed E-state index contributed by atoms with van der Waals surface area (Å²) in [5, 5.41) is 0. The van der Waals surface area contributed by atoms with Gasteiger partial charge in [0.1, 0.15) is 0 Å². The van der Waals surface area contributed by atoms with Crippen LogP contribution in [0.3, 0.4) is 0 Å². The second kappa shape index (κ2) is 8.33. The van der Waals surface area contributed by atoms with Crippen LogP contribution in [0.25, 0.3) is 5.57 Å². The molecule has 3 rings (SSSR count). The van der Waals surface area contributed by atoms with Crippen LogP contribution in [0.2, 0.25) is 0 Å². The molecule has 1 aliphatic carbocycles. The van der Waals surface area contributed by atoms with E-state index in [2.05, 4.69) is 73.6 Å². The van der Waals surface area contributed by atoms with E-state index in [-0.39, 0.29) is 12.4 Å². The van der Waals surface area contributed by atoms with Gasteiger partial charge in [0.2, 0.25) is 0 Å². The van der Waals surface area contributed by atoms with Crippen molar-refractivity contribution in [3.8, 4) is 0 Å². The van der Waals surface area contributed by atoms with Crippen LogP contribution in [0.15, 0.2) is 60.2 Å². The fourth-order valence-corrected chi connectivity index (χ4v) is 3.39. The Labute approximate surface area is 146 Å². The predicted molar refractivity (Wildman–Crippen MR) is 102 cm³/mol. The molecule has 2 heteroatoms. The summed E-state index contributed by atoms with van der Waals surface area (Å²) in [5.41, 5.74) is 7.64. The zero-order chi connectivity index (χ0) is 15.4. The monoisotopic (exact) mass is 327 g/mol. The van der Waals surface area contributed by atoms with Gasteiger partial charge in [-0.15, -0.1) is 12.4 Å². The van der Waals surface area contributed by atoms with Crippen LogP contribution in [0, 0.1) is 0 Å². The van der Waals surface area contributed by atoms with Crippen LogP contribution in [0.4, 0.5) is 0 Å². The average Bonchev–Trinajstić information content (AvgIpc) is 2.86. The normalized spacial score (nSPS) is 13.2. The maximum atomic E-state index is 2.30. The van der Waals surface area contributed by atoms with Gasteiger partial charge in [-0.2, -0.15) is 0 Å². The van der Waals surface area contributed by atoms with Crippen LogP contribution < -0.4 is 0 Å². The third-order valence-electron chi connectivity index (χ3n) is 4.47. The number of rotatable bonds is 6. The maximum absolute atomic E-state index is 2.30. The van der Waals surface area contributed by atoms with E-state index in [1.165, 1.54) is 29.5 Å². The van der Waals surface area contributed by atoms with Crippen molar-refractivity contribution in [2.24, 2.45) is 0 Å². The Morgan fingerprint density at radius 3 is 2.35 bits per heavy atom. The highest BCUT2D eigenvalue weighted by molar-refractivity contribution is 5.85. The molecule has 0 N–H and O–H groups in total. The van der Waals surface area contributed by atoms with E-state index in [1.54, 1.807) is 11.1 Å². The number of hydrogen-bond acceptors (Lipinski definition) is 1. The molecule has 0 aliphatic heterocycles. The first kappa shape index (κ1) is 17.8. The Balaban J connectivity index is 0.00000192. The van der Waals surface area contributed by atoms with Gasteiger partial charge in [-0.05, 0) is 68.6 Å². The van der Waals surface area contributed by atoms with Gasteiger partial charge in [-0.1, -0.05) is 60.2 Å². The van der Waals surface area contributed by atoms with E-state index in [0.717, 1.165) is 19.4 Å². The minimum atomic E-state index is 0. The minimum Gasteiger partial charge on any atom is -0.309 e. The molecule has 2 aromatic rings. The molecule has 2 aromatic carbocycles. The summed E-state index contributed by atoms with van der Waals surface area (Å²) in [6, 6.07) is 19.8. The molecular weight excluding hydrogens is 302 g/mol. The van der Waals surface area contributed by atoms with Crippen molar-refractivity contribution in [2.75, 3.05) is 20.6 Å². The SMILES string of the molecule is CN(C)CCCC1=C(Cc2ccccc2)Cc2ccccc21.Cl. The van der Waals surface area contributed by atoms with Crippen LogP contribution in [0.5, 0.6) is 0 Å². The lowest BCUT2D eigenvalue weighted by atomic mass is 9.97. The summed E-state index contributed by atoms with van der Waals surface area (Å²) in [6.45, 7) is 1.16. The molecule has 0 radical (unpaired) electrons. The van der Waals surface area contributed by atoms with Gasteiger partial charge < -0.3 is 4.90 Å². The Morgan fingerprint density at radius 1 is 0.913 bits per heavy atom. The largest absolute Gasteiger partial charge is 0.309 e. The number of allylic oxidation sites excluding steroid dienone is 2. The molecule has 0 unspecified atom stereocenters. The van der Waals surface area contributed by atoms with Crippen molar-refractivity contribution in [1.29, 1.82) is 0 Å². The lowest BCUT2D eigenvalue weighted by Gasteiger charge is -2.12. The van der Waals surface area contributed by atoms with Crippen LogP contribution in [0.1, 0.15) is 29.5 Å². The first-order valence-electron chi connectivity index (χ1n) is 8.22. The third-order valence-corrected chi connectivity index (χ3v) is 4.47. The first-order valence-corrected chi connectivity index (χ1v) is 8.22. The molecule has 0 amide bonds. The van der Waals surface area contributed by atoms with Gasteiger partial charge in [0, 0.05) is 0 Å². The van der Waals surface area contributed by atoms with Crippen molar-refractivity contribution in [3.05, 3.63) is 76.9 Å². The van der Waals surface area contributed by atoms with Gasteiger partial charge in [0.25, 0.3) is 0 Å². The number of fused-ring (bicyclic) bond motifs is 1. The van der Waals surface area contributed by atoms with Gasteiger partial charge in [-0.25, -0.2) is 0 Å². The molecule has 1 aliphatic rings. The highest BCUT2D eigenvalue weighted by Crippen LogP contribution is 2.37. The highest BCUT2D eigenvalue weighted by Gasteiger charge is 2.20. The van der Waals surface area contributed by atoms with Gasteiger partial charge in [0.05, 0.1) is 0 Å². The summed E-state index contributed by atoms with van der Waals surface area (Å²) >= 11 is 0. The molecule has 0 fully saturated rings. The molecule has 0 atom stereocenters. The molecule has 23 heavy (non-hydrogen) atoms. The second-order valence-electron chi connectivity index (χ2n) is 6.49. The number of benzene rings is 2. The van der Waals surface area contributed by atoms with E-state index < -0.39 is 0 Å². The fourth-order valence-electron chi connectivity index (χ4n) is 3.39. The molecule has 122 valence electrons. The first-order chi connectivity index (χ1) is 10.7. The fraction of sp³-hybridized carbons (Fsp3) is 0.333. The maximum Gasteiger partial charge on any atom is -0.00217 e. The average molecular weight is 328 g/mol. The zero-order valence-electron chi connectivity index (χ0n) is 14.1.